The SMILES string of the molecule is COc1cccc(N2CCN(C(=O)c3sc4nc(C)[nH]c(=O)c4c3C)CC2)c1. The topological polar surface area (TPSA) is 78.5 Å². The summed E-state index contributed by atoms with van der Waals surface area (Å²) in [5, 5.41) is 0.522. The van der Waals surface area contributed by atoms with Crippen LogP contribution in [0.25, 0.3) is 10.2 Å². The lowest BCUT2D eigenvalue weighted by molar-refractivity contribution is 0.0751. The molecule has 2 aromatic heterocycles. The highest BCUT2D eigenvalue weighted by atomic mass is 32.1. The molecule has 1 aliphatic heterocycles. The van der Waals surface area contributed by atoms with Gasteiger partial charge in [0.2, 0.25) is 0 Å². The van der Waals surface area contributed by atoms with Crippen molar-refractivity contribution in [3.63, 3.8) is 0 Å². The second kappa shape index (κ2) is 7.27. The number of H-pyrrole nitrogens is 1. The van der Waals surface area contributed by atoms with Crippen molar-refractivity contribution in [2.75, 3.05) is 38.2 Å². The molecule has 0 unspecified atom stereocenters. The molecule has 3 heterocycles. The second-order valence-corrected chi connectivity index (χ2v) is 7.87. The van der Waals surface area contributed by atoms with Gasteiger partial charge < -0.3 is 19.5 Å². The Hall–Kier alpha value is -2.87. The standard InChI is InChI=1S/C20H22N4O3S/c1-12-16-18(25)21-13(2)22-19(16)28-17(12)20(26)24-9-7-23(8-10-24)14-5-4-6-15(11-14)27-3/h4-6,11H,7-10H2,1-3H3,(H,21,22,25). The highest BCUT2D eigenvalue weighted by molar-refractivity contribution is 7.20. The predicted octanol–water partition coefficient (Wildman–Crippen LogP) is 2.57. The summed E-state index contributed by atoms with van der Waals surface area (Å²) in [6.45, 7) is 6.33. The number of thiophene rings is 1. The lowest BCUT2D eigenvalue weighted by Crippen LogP contribution is -2.48. The summed E-state index contributed by atoms with van der Waals surface area (Å²) in [7, 11) is 1.66. The Morgan fingerprint density at radius 1 is 1.21 bits per heavy atom. The van der Waals surface area contributed by atoms with E-state index in [0.29, 0.717) is 39.6 Å². The summed E-state index contributed by atoms with van der Waals surface area (Å²) in [4.78, 5) is 37.8. The molecular weight excluding hydrogens is 376 g/mol. The fourth-order valence-electron chi connectivity index (χ4n) is 3.57. The third-order valence-corrected chi connectivity index (χ3v) is 6.27. The van der Waals surface area contributed by atoms with E-state index in [2.05, 4.69) is 20.9 Å². The van der Waals surface area contributed by atoms with Gasteiger partial charge in [0.1, 0.15) is 16.4 Å². The van der Waals surface area contributed by atoms with Crippen LogP contribution >= 0.6 is 11.3 Å². The summed E-state index contributed by atoms with van der Waals surface area (Å²) in [5.74, 6) is 1.36. The number of nitrogens with zero attached hydrogens (tertiary/aromatic N) is 3. The van der Waals surface area contributed by atoms with Crippen LogP contribution in [0.5, 0.6) is 5.75 Å². The van der Waals surface area contributed by atoms with Crippen LogP contribution in [0, 0.1) is 13.8 Å². The number of fused-ring (bicyclic) bond motifs is 1. The zero-order chi connectivity index (χ0) is 19.8. The van der Waals surface area contributed by atoms with E-state index in [4.69, 9.17) is 4.74 Å². The number of aryl methyl sites for hydroxylation is 2. The Labute approximate surface area is 166 Å². The number of piperazine rings is 1. The number of aromatic amines is 1. The molecule has 3 aromatic rings. The van der Waals surface area contributed by atoms with E-state index in [1.165, 1.54) is 11.3 Å². The maximum Gasteiger partial charge on any atom is 0.264 e. The van der Waals surface area contributed by atoms with Crippen molar-refractivity contribution in [2.45, 2.75) is 13.8 Å². The molecule has 1 aromatic carbocycles. The Morgan fingerprint density at radius 2 is 1.96 bits per heavy atom. The Bertz CT molecular complexity index is 1100. The average Bonchev–Trinajstić information content (AvgIpc) is 3.04. The van der Waals surface area contributed by atoms with Gasteiger partial charge in [-0.15, -0.1) is 11.3 Å². The van der Waals surface area contributed by atoms with Crippen LogP contribution in [0.2, 0.25) is 0 Å². The van der Waals surface area contributed by atoms with Crippen molar-refractivity contribution in [3.05, 3.63) is 50.9 Å². The lowest BCUT2D eigenvalue weighted by Gasteiger charge is -2.36. The minimum atomic E-state index is -0.182. The van der Waals surface area contributed by atoms with Crippen molar-refractivity contribution in [1.82, 2.24) is 14.9 Å². The van der Waals surface area contributed by atoms with E-state index < -0.39 is 0 Å². The van der Waals surface area contributed by atoms with Crippen molar-refractivity contribution >= 4 is 33.1 Å². The molecule has 0 saturated carbocycles. The van der Waals surface area contributed by atoms with Gasteiger partial charge in [-0.1, -0.05) is 6.07 Å². The molecule has 4 rings (SSSR count). The molecule has 0 bridgehead atoms. The predicted molar refractivity (Wildman–Crippen MR) is 111 cm³/mol. The average molecular weight is 398 g/mol. The van der Waals surface area contributed by atoms with Crippen LogP contribution in [-0.2, 0) is 0 Å². The number of anilines is 1. The van der Waals surface area contributed by atoms with E-state index in [1.807, 2.05) is 30.0 Å². The van der Waals surface area contributed by atoms with E-state index in [9.17, 15) is 9.59 Å². The highest BCUT2D eigenvalue weighted by Gasteiger charge is 2.26. The minimum absolute atomic E-state index is 0.0251. The van der Waals surface area contributed by atoms with Crippen LogP contribution in [0.1, 0.15) is 21.1 Å². The van der Waals surface area contributed by atoms with Crippen molar-refractivity contribution in [2.24, 2.45) is 0 Å². The zero-order valence-electron chi connectivity index (χ0n) is 16.1. The van der Waals surface area contributed by atoms with Gasteiger partial charge >= 0.3 is 0 Å². The summed E-state index contributed by atoms with van der Waals surface area (Å²) in [6.07, 6.45) is 0. The summed E-state index contributed by atoms with van der Waals surface area (Å²) in [6, 6.07) is 7.95. The maximum absolute atomic E-state index is 13.1. The van der Waals surface area contributed by atoms with Gasteiger partial charge in [-0.3, -0.25) is 9.59 Å². The molecule has 7 nitrogen and oxygen atoms in total. The van der Waals surface area contributed by atoms with E-state index in [0.717, 1.165) is 24.5 Å². The van der Waals surface area contributed by atoms with Crippen LogP contribution in [0.4, 0.5) is 5.69 Å². The van der Waals surface area contributed by atoms with Gasteiger partial charge in [-0.05, 0) is 31.5 Å². The molecule has 0 aliphatic carbocycles. The number of hydrogen-bond acceptors (Lipinski definition) is 6. The molecule has 1 aliphatic rings. The van der Waals surface area contributed by atoms with Gasteiger partial charge in [0.25, 0.3) is 11.5 Å². The summed E-state index contributed by atoms with van der Waals surface area (Å²) in [5.41, 5.74) is 1.63. The quantitative estimate of drug-likeness (QED) is 0.734. The number of aromatic nitrogens is 2. The summed E-state index contributed by atoms with van der Waals surface area (Å²) >= 11 is 1.30. The van der Waals surface area contributed by atoms with Gasteiger partial charge in [0, 0.05) is 37.9 Å². The first-order chi connectivity index (χ1) is 13.5. The van der Waals surface area contributed by atoms with Crippen LogP contribution in [-0.4, -0.2) is 54.1 Å². The first-order valence-electron chi connectivity index (χ1n) is 9.16. The lowest BCUT2D eigenvalue weighted by atomic mass is 10.2. The smallest absolute Gasteiger partial charge is 0.264 e. The number of benzene rings is 1. The molecule has 1 amide bonds. The third kappa shape index (κ3) is 3.24. The Morgan fingerprint density at radius 3 is 2.68 bits per heavy atom. The molecule has 146 valence electrons. The van der Waals surface area contributed by atoms with Crippen LogP contribution in [0.15, 0.2) is 29.1 Å². The monoisotopic (exact) mass is 398 g/mol. The second-order valence-electron chi connectivity index (χ2n) is 6.87. The number of rotatable bonds is 3. The number of carbonyl (C=O) groups is 1. The van der Waals surface area contributed by atoms with E-state index in [1.54, 1.807) is 14.0 Å². The molecule has 0 atom stereocenters. The molecule has 1 fully saturated rings. The largest absolute Gasteiger partial charge is 0.497 e. The Kier molecular flexibility index (Phi) is 4.80. The first-order valence-corrected chi connectivity index (χ1v) is 9.98. The molecule has 0 spiro atoms. The molecule has 0 radical (unpaired) electrons. The number of amides is 1. The minimum Gasteiger partial charge on any atom is -0.497 e. The fourth-order valence-corrected chi connectivity index (χ4v) is 4.77. The number of carbonyl (C=O) groups excluding carboxylic acids is 1. The first kappa shape index (κ1) is 18.5. The third-order valence-electron chi connectivity index (χ3n) is 5.10. The number of nitrogens with one attached hydrogen (secondary N) is 1. The molecular formula is C20H22N4O3S. The van der Waals surface area contributed by atoms with Crippen LogP contribution in [0.3, 0.4) is 0 Å². The fraction of sp³-hybridized carbons (Fsp3) is 0.350. The Balaban J connectivity index is 1.53. The van der Waals surface area contributed by atoms with Gasteiger partial charge in [0.15, 0.2) is 0 Å². The molecule has 8 heteroatoms. The number of hydrogen-bond donors (Lipinski definition) is 1. The molecule has 1 saturated heterocycles. The zero-order valence-corrected chi connectivity index (χ0v) is 16.9. The molecule has 28 heavy (non-hydrogen) atoms. The van der Waals surface area contributed by atoms with E-state index >= 15 is 0 Å². The van der Waals surface area contributed by atoms with Crippen molar-refractivity contribution in [3.8, 4) is 5.75 Å². The van der Waals surface area contributed by atoms with Crippen LogP contribution < -0.4 is 15.2 Å². The van der Waals surface area contributed by atoms with Gasteiger partial charge in [-0.25, -0.2) is 4.98 Å². The molecule has 1 N–H and O–H groups in total. The van der Waals surface area contributed by atoms with Gasteiger partial charge in [0.05, 0.1) is 17.4 Å². The van der Waals surface area contributed by atoms with Crippen molar-refractivity contribution < 1.29 is 9.53 Å². The normalized spacial score (nSPS) is 14.5. The number of methoxy groups -OCH3 is 1. The highest BCUT2D eigenvalue weighted by Crippen LogP contribution is 2.29. The van der Waals surface area contributed by atoms with Crippen molar-refractivity contribution in [1.29, 1.82) is 0 Å². The van der Waals surface area contributed by atoms with Gasteiger partial charge in [-0.2, -0.15) is 0 Å². The number of ether oxygens (including phenoxy) is 1. The summed E-state index contributed by atoms with van der Waals surface area (Å²) < 4.78 is 5.30. The van der Waals surface area contributed by atoms with E-state index in [-0.39, 0.29) is 11.5 Å². The maximum atomic E-state index is 13.1.